The van der Waals surface area contributed by atoms with Gasteiger partial charge in [0.15, 0.2) is 6.29 Å². The van der Waals surface area contributed by atoms with Gasteiger partial charge in [0.1, 0.15) is 0 Å². The average molecular weight is 549 g/mol. The van der Waals surface area contributed by atoms with Crippen molar-refractivity contribution in [3.63, 3.8) is 0 Å². The molecular formula is C24H28Cl3NO5S. The zero-order valence-corrected chi connectivity index (χ0v) is 21.7. The van der Waals surface area contributed by atoms with E-state index in [1.165, 1.54) is 0 Å². The van der Waals surface area contributed by atoms with Gasteiger partial charge in [-0.1, -0.05) is 90.3 Å². The molecule has 1 heterocycles. The molecule has 3 N–H and O–H groups in total. The first-order valence-corrected chi connectivity index (χ1v) is 13.1. The molecule has 0 unspecified atom stereocenters. The maximum atomic E-state index is 11.8. The van der Waals surface area contributed by atoms with Crippen LogP contribution in [0.2, 0.25) is 0 Å². The molecule has 0 saturated carbocycles. The number of alkyl halides is 3. The van der Waals surface area contributed by atoms with Crippen LogP contribution in [-0.4, -0.2) is 44.1 Å². The highest BCUT2D eigenvalue weighted by atomic mass is 35.6. The molecule has 3 rings (SSSR count). The molecular weight excluding hydrogens is 521 g/mol. The Morgan fingerprint density at radius 1 is 1.00 bits per heavy atom. The molecule has 186 valence electrons. The normalized spacial score (nSPS) is 23.0. The molecule has 0 radical (unpaired) electrons. The lowest BCUT2D eigenvalue weighted by Gasteiger charge is -2.41. The molecule has 1 aliphatic rings. The predicted molar refractivity (Wildman–Crippen MR) is 136 cm³/mol. The Morgan fingerprint density at radius 3 is 2.21 bits per heavy atom. The third kappa shape index (κ3) is 7.48. The van der Waals surface area contributed by atoms with E-state index in [0.29, 0.717) is 5.75 Å². The molecule has 1 saturated heterocycles. The lowest BCUT2D eigenvalue weighted by molar-refractivity contribution is -0.268. The molecule has 0 aliphatic carbocycles. The zero-order valence-electron chi connectivity index (χ0n) is 18.6. The summed E-state index contributed by atoms with van der Waals surface area (Å²) in [7, 11) is 0. The number of hydrogen-bond donors (Lipinski definition) is 3. The van der Waals surface area contributed by atoms with Crippen LogP contribution in [0, 0.1) is 5.92 Å². The highest BCUT2D eigenvalue weighted by Crippen LogP contribution is 2.42. The number of rotatable bonds is 9. The van der Waals surface area contributed by atoms with Crippen molar-refractivity contribution in [3.05, 3.63) is 70.8 Å². The van der Waals surface area contributed by atoms with Crippen LogP contribution in [0.25, 0.3) is 0 Å². The number of amides is 1. The summed E-state index contributed by atoms with van der Waals surface area (Å²) in [4.78, 5) is 11.8. The van der Waals surface area contributed by atoms with Gasteiger partial charge in [-0.05, 0) is 16.7 Å². The molecule has 1 aliphatic heterocycles. The summed E-state index contributed by atoms with van der Waals surface area (Å²) in [6.45, 7) is 2.42. The van der Waals surface area contributed by atoms with Gasteiger partial charge >= 0.3 is 0 Å². The third-order valence-electron chi connectivity index (χ3n) is 5.60. The SMILES string of the molecule is C[C@@H]1[C@H](CSCCO)O[C@H](c2ccc(CNC(=O)C(Cl)(Cl)Cl)cc2)O[C@@H]1c1ccc(CO)cc1. The van der Waals surface area contributed by atoms with Crippen molar-refractivity contribution in [1.29, 1.82) is 0 Å². The smallest absolute Gasteiger partial charge is 0.272 e. The minimum Gasteiger partial charge on any atom is -0.396 e. The molecule has 4 atom stereocenters. The summed E-state index contributed by atoms with van der Waals surface area (Å²) >= 11 is 18.4. The topological polar surface area (TPSA) is 88.0 Å². The Bertz CT molecular complexity index is 924. The fraction of sp³-hybridized carbons (Fsp3) is 0.458. The van der Waals surface area contributed by atoms with Crippen LogP contribution in [0.3, 0.4) is 0 Å². The summed E-state index contributed by atoms with van der Waals surface area (Å²) in [5, 5.41) is 21.1. The number of aliphatic hydroxyl groups excluding tert-OH is 2. The fourth-order valence-electron chi connectivity index (χ4n) is 3.65. The monoisotopic (exact) mass is 547 g/mol. The Balaban J connectivity index is 1.75. The fourth-order valence-corrected chi connectivity index (χ4v) is 4.76. The first-order valence-electron chi connectivity index (χ1n) is 10.9. The number of benzene rings is 2. The van der Waals surface area contributed by atoms with Gasteiger partial charge in [-0.15, -0.1) is 0 Å². The molecule has 0 spiro atoms. The van der Waals surface area contributed by atoms with E-state index in [9.17, 15) is 9.90 Å². The van der Waals surface area contributed by atoms with Crippen LogP contribution in [-0.2, 0) is 27.4 Å². The summed E-state index contributed by atoms with van der Waals surface area (Å²) in [6, 6.07) is 15.2. The predicted octanol–water partition coefficient (Wildman–Crippen LogP) is 4.68. The summed E-state index contributed by atoms with van der Waals surface area (Å²) in [5.74, 6) is 0.767. The number of hydrogen-bond acceptors (Lipinski definition) is 6. The van der Waals surface area contributed by atoms with E-state index < -0.39 is 16.0 Å². The maximum absolute atomic E-state index is 11.8. The van der Waals surface area contributed by atoms with E-state index in [1.54, 1.807) is 11.8 Å². The van der Waals surface area contributed by atoms with Gasteiger partial charge < -0.3 is 25.0 Å². The summed E-state index contributed by atoms with van der Waals surface area (Å²) in [5.41, 5.74) is 3.54. The number of carbonyl (C=O) groups is 1. The largest absolute Gasteiger partial charge is 0.396 e. The first-order chi connectivity index (χ1) is 16.2. The Labute approximate surface area is 218 Å². The van der Waals surface area contributed by atoms with Crippen LogP contribution >= 0.6 is 46.6 Å². The summed E-state index contributed by atoms with van der Waals surface area (Å²) in [6.07, 6.45) is -0.862. The van der Waals surface area contributed by atoms with Crippen molar-refractivity contribution in [2.75, 3.05) is 18.1 Å². The van der Waals surface area contributed by atoms with Crippen molar-refractivity contribution in [3.8, 4) is 0 Å². The second kappa shape index (κ2) is 12.8. The van der Waals surface area contributed by atoms with E-state index in [1.807, 2.05) is 48.5 Å². The van der Waals surface area contributed by atoms with Gasteiger partial charge in [-0.25, -0.2) is 0 Å². The van der Waals surface area contributed by atoms with E-state index in [-0.39, 0.29) is 37.9 Å². The molecule has 0 bridgehead atoms. The molecule has 2 aromatic carbocycles. The highest BCUT2D eigenvalue weighted by molar-refractivity contribution is 7.99. The molecule has 0 aromatic heterocycles. The average Bonchev–Trinajstić information content (AvgIpc) is 2.83. The minimum atomic E-state index is -2.01. The summed E-state index contributed by atoms with van der Waals surface area (Å²) < 4.78 is 10.7. The van der Waals surface area contributed by atoms with E-state index in [2.05, 4.69) is 12.2 Å². The van der Waals surface area contributed by atoms with Crippen LogP contribution in [0.5, 0.6) is 0 Å². The highest BCUT2D eigenvalue weighted by Gasteiger charge is 2.38. The van der Waals surface area contributed by atoms with Gasteiger partial charge in [0, 0.05) is 29.5 Å². The third-order valence-corrected chi connectivity index (χ3v) is 7.15. The number of halogens is 3. The van der Waals surface area contributed by atoms with E-state index >= 15 is 0 Å². The van der Waals surface area contributed by atoms with Crippen LogP contribution in [0.1, 0.15) is 41.6 Å². The molecule has 34 heavy (non-hydrogen) atoms. The van der Waals surface area contributed by atoms with Gasteiger partial charge in [-0.2, -0.15) is 11.8 Å². The van der Waals surface area contributed by atoms with Crippen molar-refractivity contribution in [1.82, 2.24) is 5.32 Å². The number of carbonyl (C=O) groups excluding carboxylic acids is 1. The second-order valence-corrected chi connectivity index (χ2v) is 11.5. The molecule has 2 aromatic rings. The number of thioether (sulfide) groups is 1. The van der Waals surface area contributed by atoms with Crippen LogP contribution < -0.4 is 5.32 Å². The Hall–Kier alpha value is -1.03. The maximum Gasteiger partial charge on any atom is 0.272 e. The van der Waals surface area contributed by atoms with E-state index in [4.69, 9.17) is 49.4 Å². The Kier molecular flexibility index (Phi) is 10.4. The quantitative estimate of drug-likeness (QED) is 0.311. The molecule has 10 heteroatoms. The van der Waals surface area contributed by atoms with Gasteiger partial charge in [0.05, 0.1) is 25.4 Å². The van der Waals surface area contributed by atoms with Crippen LogP contribution in [0.4, 0.5) is 0 Å². The standard InChI is InChI=1S/C24H28Cl3NO5S/c1-15-20(14-34-11-10-29)32-22(33-21(15)18-6-4-17(13-30)5-7-18)19-8-2-16(3-9-19)12-28-23(31)24(25,26)27/h2-9,15,20-22,29-30H,10-14H2,1H3,(H,28,31)/t15-,20+,21+,22+/m1/s1. The lowest BCUT2D eigenvalue weighted by atomic mass is 9.91. The minimum absolute atomic E-state index is 0.0119. The van der Waals surface area contributed by atoms with Gasteiger partial charge in [-0.3, -0.25) is 4.79 Å². The number of nitrogens with one attached hydrogen (secondary N) is 1. The molecule has 1 fully saturated rings. The van der Waals surface area contributed by atoms with Crippen molar-refractivity contribution < 1.29 is 24.5 Å². The van der Waals surface area contributed by atoms with Crippen LogP contribution in [0.15, 0.2) is 48.5 Å². The Morgan fingerprint density at radius 2 is 1.62 bits per heavy atom. The second-order valence-electron chi connectivity index (χ2n) is 8.04. The van der Waals surface area contributed by atoms with Gasteiger partial charge in [0.2, 0.25) is 0 Å². The van der Waals surface area contributed by atoms with Gasteiger partial charge in [0.25, 0.3) is 9.70 Å². The molecule has 1 amide bonds. The number of ether oxygens (including phenoxy) is 2. The molecule has 6 nitrogen and oxygen atoms in total. The lowest BCUT2D eigenvalue weighted by Crippen LogP contribution is -2.38. The van der Waals surface area contributed by atoms with Crippen molar-refractivity contribution >= 4 is 52.5 Å². The van der Waals surface area contributed by atoms with Crippen molar-refractivity contribution in [2.45, 2.75) is 42.4 Å². The van der Waals surface area contributed by atoms with E-state index in [0.717, 1.165) is 28.0 Å². The van der Waals surface area contributed by atoms with Crippen molar-refractivity contribution in [2.24, 2.45) is 5.92 Å². The number of aliphatic hydroxyl groups is 2. The zero-order chi connectivity index (χ0) is 24.7. The first kappa shape index (κ1) is 27.6.